The molecule has 0 aliphatic rings. The number of hydrogen-bond donors (Lipinski definition) is 2. The van der Waals surface area contributed by atoms with E-state index >= 15 is 0 Å². The highest BCUT2D eigenvalue weighted by Crippen LogP contribution is 2.36. The number of halogens is 1. The minimum atomic E-state index is -3.59. The Morgan fingerprint density at radius 1 is 1.50 bits per heavy atom. The summed E-state index contributed by atoms with van der Waals surface area (Å²) < 4.78 is 21.1. The first kappa shape index (κ1) is 13.3. The van der Waals surface area contributed by atoms with Gasteiger partial charge in [-0.1, -0.05) is 23.7 Å². The zero-order chi connectivity index (χ0) is 12.6. The van der Waals surface area contributed by atoms with E-state index in [4.69, 9.17) is 17.3 Å². The molecule has 0 aromatic heterocycles. The molecule has 0 aliphatic heterocycles. The van der Waals surface area contributed by atoms with Crippen molar-refractivity contribution in [1.29, 1.82) is 0 Å². The van der Waals surface area contributed by atoms with Crippen LogP contribution in [-0.2, 0) is 9.84 Å². The van der Waals surface area contributed by atoms with Crippen molar-refractivity contribution in [2.24, 2.45) is 0 Å². The van der Waals surface area contributed by atoms with Crippen LogP contribution < -0.4 is 5.73 Å². The molecule has 4 nitrogen and oxygen atoms in total. The molecule has 90 valence electrons. The van der Waals surface area contributed by atoms with Gasteiger partial charge < -0.3 is 10.8 Å². The summed E-state index contributed by atoms with van der Waals surface area (Å²) in [5.74, 6) is 0. The zero-order valence-electron chi connectivity index (χ0n) is 9.01. The predicted molar refractivity (Wildman–Crippen MR) is 64.9 cm³/mol. The average Bonchev–Trinajstić information content (AvgIpc) is 2.14. The minimum Gasteiger partial charge on any atom is -0.399 e. The summed E-state index contributed by atoms with van der Waals surface area (Å²) in [6.45, 7) is 1.26. The fourth-order valence-corrected chi connectivity index (χ4v) is 1.90. The van der Waals surface area contributed by atoms with Crippen molar-refractivity contribution >= 4 is 27.1 Å². The minimum absolute atomic E-state index is 0.378. The lowest BCUT2D eigenvalue weighted by Crippen LogP contribution is -2.35. The molecule has 0 saturated carbocycles. The molecule has 3 N–H and O–H groups in total. The smallest absolute Gasteiger partial charge is 0.172 e. The second-order valence-corrected chi connectivity index (χ2v) is 7.23. The van der Waals surface area contributed by atoms with Gasteiger partial charge in [0.1, 0.15) is 6.10 Å². The molecule has 0 amide bonds. The topological polar surface area (TPSA) is 80.4 Å². The van der Waals surface area contributed by atoms with Crippen molar-refractivity contribution in [2.45, 2.75) is 17.2 Å². The SMILES string of the molecule is C[C@](Cl)([C@H](O)c1cccc(N)c1)S(C)(=O)=O. The van der Waals surface area contributed by atoms with Gasteiger partial charge in [0, 0.05) is 11.9 Å². The fraction of sp³-hybridized carbons (Fsp3) is 0.400. The Hall–Kier alpha value is -0.780. The molecule has 0 spiro atoms. The van der Waals surface area contributed by atoms with Crippen LogP contribution in [0.25, 0.3) is 0 Å². The third kappa shape index (κ3) is 2.48. The number of aliphatic hydroxyl groups excluding tert-OH is 1. The largest absolute Gasteiger partial charge is 0.399 e. The highest BCUT2D eigenvalue weighted by Gasteiger charge is 2.41. The normalized spacial score (nSPS) is 17.8. The fourth-order valence-electron chi connectivity index (χ4n) is 1.23. The van der Waals surface area contributed by atoms with E-state index in [1.54, 1.807) is 18.2 Å². The van der Waals surface area contributed by atoms with E-state index in [-0.39, 0.29) is 0 Å². The Morgan fingerprint density at radius 2 is 2.06 bits per heavy atom. The maximum atomic E-state index is 11.4. The van der Waals surface area contributed by atoms with Crippen molar-refractivity contribution in [3.63, 3.8) is 0 Å². The summed E-state index contributed by atoms with van der Waals surface area (Å²) in [6, 6.07) is 6.34. The van der Waals surface area contributed by atoms with Crippen molar-refractivity contribution in [2.75, 3.05) is 12.0 Å². The summed E-state index contributed by atoms with van der Waals surface area (Å²) >= 11 is 5.87. The van der Waals surface area contributed by atoms with E-state index in [9.17, 15) is 13.5 Å². The van der Waals surface area contributed by atoms with Crippen molar-refractivity contribution in [3.05, 3.63) is 29.8 Å². The average molecular weight is 264 g/mol. The number of nitrogens with two attached hydrogens (primary N) is 1. The molecule has 0 radical (unpaired) electrons. The van der Waals surface area contributed by atoms with Crippen LogP contribution in [0.1, 0.15) is 18.6 Å². The Kier molecular flexibility index (Phi) is 3.52. The van der Waals surface area contributed by atoms with Crippen molar-refractivity contribution < 1.29 is 13.5 Å². The Labute approximate surface area is 100.0 Å². The Morgan fingerprint density at radius 3 is 2.50 bits per heavy atom. The van der Waals surface area contributed by atoms with E-state index < -0.39 is 20.1 Å². The highest BCUT2D eigenvalue weighted by molar-refractivity contribution is 7.93. The zero-order valence-corrected chi connectivity index (χ0v) is 10.6. The molecule has 1 rings (SSSR count). The van der Waals surface area contributed by atoms with E-state index in [2.05, 4.69) is 0 Å². The van der Waals surface area contributed by atoms with Gasteiger partial charge in [0.25, 0.3) is 0 Å². The van der Waals surface area contributed by atoms with Gasteiger partial charge in [0.2, 0.25) is 0 Å². The third-order valence-corrected chi connectivity index (χ3v) is 5.16. The van der Waals surface area contributed by atoms with Crippen LogP contribution in [0.4, 0.5) is 5.69 Å². The maximum absolute atomic E-state index is 11.4. The van der Waals surface area contributed by atoms with Crippen molar-refractivity contribution in [3.8, 4) is 0 Å². The highest BCUT2D eigenvalue weighted by atomic mass is 35.5. The van der Waals surface area contributed by atoms with Gasteiger partial charge in [-0.3, -0.25) is 0 Å². The first-order valence-corrected chi connectivity index (χ1v) is 6.85. The molecule has 1 aromatic rings. The number of sulfone groups is 1. The predicted octanol–water partition coefficient (Wildman–Crippen LogP) is 1.30. The molecule has 0 aliphatic carbocycles. The van der Waals surface area contributed by atoms with Gasteiger partial charge >= 0.3 is 0 Å². The quantitative estimate of drug-likeness (QED) is 0.636. The summed E-state index contributed by atoms with van der Waals surface area (Å²) in [5, 5.41) is 9.94. The number of alkyl halides is 1. The van der Waals surface area contributed by atoms with Gasteiger partial charge in [0.05, 0.1) is 0 Å². The van der Waals surface area contributed by atoms with E-state index in [1.165, 1.54) is 13.0 Å². The molecular weight excluding hydrogens is 250 g/mol. The standard InChI is InChI=1S/C10H14ClNO3S/c1-10(11,16(2,14)15)9(13)7-4-3-5-8(12)6-7/h3-6,9,13H,12H2,1-2H3/t9-,10-/m1/s1. The molecule has 1 aromatic carbocycles. The van der Waals surface area contributed by atoms with Gasteiger partial charge in [-0.2, -0.15) is 0 Å². The summed E-state index contributed by atoms with van der Waals surface area (Å²) in [6.07, 6.45) is -0.345. The second-order valence-electron chi connectivity index (χ2n) is 3.83. The molecule has 0 heterocycles. The second kappa shape index (κ2) is 4.24. The van der Waals surface area contributed by atoms with Crippen LogP contribution in [0.15, 0.2) is 24.3 Å². The van der Waals surface area contributed by atoms with Crippen LogP contribution >= 0.6 is 11.6 Å². The van der Waals surface area contributed by atoms with E-state index in [0.29, 0.717) is 11.3 Å². The van der Waals surface area contributed by atoms with Crippen LogP contribution in [0, 0.1) is 0 Å². The summed E-state index contributed by atoms with van der Waals surface area (Å²) in [5.41, 5.74) is 6.36. The lowest BCUT2D eigenvalue weighted by molar-refractivity contribution is 0.163. The van der Waals surface area contributed by atoms with Crippen LogP contribution in [0.3, 0.4) is 0 Å². The van der Waals surface area contributed by atoms with Crippen LogP contribution in [0.5, 0.6) is 0 Å². The van der Waals surface area contributed by atoms with E-state index in [0.717, 1.165) is 6.26 Å². The molecule has 16 heavy (non-hydrogen) atoms. The van der Waals surface area contributed by atoms with Gasteiger partial charge in [-0.25, -0.2) is 8.42 Å². The molecule has 0 fully saturated rings. The molecule has 0 unspecified atom stereocenters. The molecule has 0 bridgehead atoms. The summed E-state index contributed by atoms with van der Waals surface area (Å²) in [4.78, 5) is 0. The number of hydrogen-bond acceptors (Lipinski definition) is 4. The Bertz CT molecular complexity index is 485. The number of anilines is 1. The van der Waals surface area contributed by atoms with Gasteiger partial charge in [-0.15, -0.1) is 0 Å². The lowest BCUT2D eigenvalue weighted by Gasteiger charge is -2.26. The van der Waals surface area contributed by atoms with Crippen LogP contribution in [0.2, 0.25) is 0 Å². The van der Waals surface area contributed by atoms with E-state index in [1.807, 2.05) is 0 Å². The first-order chi connectivity index (χ1) is 7.16. The molecule has 0 saturated heterocycles. The molecule has 2 atom stereocenters. The number of benzene rings is 1. The molecular formula is C10H14ClNO3S. The summed E-state index contributed by atoms with van der Waals surface area (Å²) in [7, 11) is -3.59. The number of rotatable bonds is 3. The van der Waals surface area contributed by atoms with Gasteiger partial charge in [-0.05, 0) is 24.6 Å². The lowest BCUT2D eigenvalue weighted by atomic mass is 10.1. The van der Waals surface area contributed by atoms with Crippen LogP contribution in [-0.4, -0.2) is 24.0 Å². The molecule has 6 heteroatoms. The Balaban J connectivity index is 3.17. The maximum Gasteiger partial charge on any atom is 0.172 e. The monoisotopic (exact) mass is 263 g/mol. The number of nitrogen functional groups attached to an aromatic ring is 1. The number of aliphatic hydroxyl groups is 1. The van der Waals surface area contributed by atoms with Gasteiger partial charge in [0.15, 0.2) is 14.0 Å². The first-order valence-electron chi connectivity index (χ1n) is 4.58. The third-order valence-electron chi connectivity index (χ3n) is 2.44. The van der Waals surface area contributed by atoms with Crippen molar-refractivity contribution in [1.82, 2.24) is 0 Å².